The predicted octanol–water partition coefficient (Wildman–Crippen LogP) is 0.456. The van der Waals surface area contributed by atoms with Gasteiger partial charge in [0.25, 0.3) is 0 Å². The summed E-state index contributed by atoms with van der Waals surface area (Å²) in [6, 6.07) is 0. The Kier molecular flexibility index (Phi) is 5.63. The van der Waals surface area contributed by atoms with Crippen LogP contribution >= 0.6 is 0 Å². The molecule has 4 nitrogen and oxygen atoms in total. The molecule has 0 aliphatic heterocycles. The molecule has 0 radical (unpaired) electrons. The van der Waals surface area contributed by atoms with Gasteiger partial charge in [0.2, 0.25) is 0 Å². The van der Waals surface area contributed by atoms with E-state index in [4.69, 9.17) is 9.84 Å². The fourth-order valence-electron chi connectivity index (χ4n) is 0.817. The molecule has 14 heavy (non-hydrogen) atoms. The standard InChI is InChI=1S/C9H20O4S/c1-9(2,7-10)8-13-5-4-6-14(3,11)12/h10H,4-8H2,1-3H3. The van der Waals surface area contributed by atoms with Crippen LogP contribution in [0.5, 0.6) is 0 Å². The smallest absolute Gasteiger partial charge is 0.147 e. The van der Waals surface area contributed by atoms with Gasteiger partial charge in [0.15, 0.2) is 0 Å². The molecular formula is C9H20O4S. The van der Waals surface area contributed by atoms with E-state index in [1.54, 1.807) is 0 Å². The zero-order valence-corrected chi connectivity index (χ0v) is 9.93. The summed E-state index contributed by atoms with van der Waals surface area (Å²) < 4.78 is 26.8. The minimum absolute atomic E-state index is 0.0685. The van der Waals surface area contributed by atoms with Gasteiger partial charge in [0.1, 0.15) is 9.84 Å². The molecule has 0 aliphatic rings. The first-order valence-corrected chi connectivity index (χ1v) is 6.69. The lowest BCUT2D eigenvalue weighted by Crippen LogP contribution is -2.24. The third-order valence-electron chi connectivity index (χ3n) is 1.72. The van der Waals surface area contributed by atoms with Crippen molar-refractivity contribution in [1.29, 1.82) is 0 Å². The second-order valence-electron chi connectivity index (χ2n) is 4.36. The molecule has 0 atom stereocenters. The highest BCUT2D eigenvalue weighted by molar-refractivity contribution is 7.90. The van der Waals surface area contributed by atoms with E-state index < -0.39 is 9.84 Å². The number of sulfone groups is 1. The molecule has 0 heterocycles. The summed E-state index contributed by atoms with van der Waals surface area (Å²) in [6.45, 7) is 4.73. The third kappa shape index (κ3) is 8.47. The Hall–Kier alpha value is -0.130. The van der Waals surface area contributed by atoms with Crippen LogP contribution in [0.25, 0.3) is 0 Å². The van der Waals surface area contributed by atoms with Gasteiger partial charge in [-0.1, -0.05) is 13.8 Å². The highest BCUT2D eigenvalue weighted by Gasteiger charge is 2.16. The highest BCUT2D eigenvalue weighted by atomic mass is 32.2. The molecule has 0 aromatic carbocycles. The molecule has 0 aromatic heterocycles. The van der Waals surface area contributed by atoms with E-state index in [-0.39, 0.29) is 17.8 Å². The van der Waals surface area contributed by atoms with E-state index in [9.17, 15) is 8.42 Å². The van der Waals surface area contributed by atoms with E-state index in [1.807, 2.05) is 13.8 Å². The van der Waals surface area contributed by atoms with Crippen molar-refractivity contribution in [2.75, 3.05) is 31.8 Å². The minimum Gasteiger partial charge on any atom is -0.396 e. The van der Waals surface area contributed by atoms with Crippen molar-refractivity contribution < 1.29 is 18.3 Å². The number of hydrogen-bond acceptors (Lipinski definition) is 4. The lowest BCUT2D eigenvalue weighted by Gasteiger charge is -2.20. The maximum absolute atomic E-state index is 10.8. The van der Waals surface area contributed by atoms with Gasteiger partial charge in [-0.15, -0.1) is 0 Å². The molecule has 0 bridgehead atoms. The normalized spacial score (nSPS) is 13.1. The largest absolute Gasteiger partial charge is 0.396 e. The molecular weight excluding hydrogens is 204 g/mol. The number of rotatable bonds is 7. The summed E-state index contributed by atoms with van der Waals surface area (Å²) >= 11 is 0. The Morgan fingerprint density at radius 2 is 1.93 bits per heavy atom. The Morgan fingerprint density at radius 3 is 2.36 bits per heavy atom. The van der Waals surface area contributed by atoms with Crippen LogP contribution in [-0.4, -0.2) is 45.4 Å². The minimum atomic E-state index is -2.88. The van der Waals surface area contributed by atoms with Gasteiger partial charge in [-0.2, -0.15) is 0 Å². The van der Waals surface area contributed by atoms with Crippen LogP contribution in [0.15, 0.2) is 0 Å². The molecule has 86 valence electrons. The van der Waals surface area contributed by atoms with Crippen LogP contribution in [0.2, 0.25) is 0 Å². The van der Waals surface area contributed by atoms with Crippen molar-refractivity contribution in [2.45, 2.75) is 20.3 Å². The van der Waals surface area contributed by atoms with Crippen molar-refractivity contribution in [1.82, 2.24) is 0 Å². The summed E-state index contributed by atoms with van der Waals surface area (Å²) in [4.78, 5) is 0. The molecule has 0 aromatic rings. The fraction of sp³-hybridized carbons (Fsp3) is 1.00. The van der Waals surface area contributed by atoms with E-state index in [1.165, 1.54) is 6.26 Å². The van der Waals surface area contributed by atoms with Gasteiger partial charge in [0.05, 0.1) is 19.0 Å². The maximum Gasteiger partial charge on any atom is 0.147 e. The summed E-state index contributed by atoms with van der Waals surface area (Å²) in [5.74, 6) is 0.159. The van der Waals surface area contributed by atoms with Crippen molar-refractivity contribution in [3.63, 3.8) is 0 Å². The zero-order valence-electron chi connectivity index (χ0n) is 9.12. The molecule has 0 spiro atoms. The lowest BCUT2D eigenvalue weighted by molar-refractivity contribution is 0.0286. The first kappa shape index (κ1) is 13.9. The first-order valence-electron chi connectivity index (χ1n) is 4.63. The second-order valence-corrected chi connectivity index (χ2v) is 6.62. The Labute approximate surface area is 86.2 Å². The zero-order chi connectivity index (χ0) is 11.2. The molecule has 0 rings (SSSR count). The van der Waals surface area contributed by atoms with E-state index in [0.717, 1.165) is 0 Å². The van der Waals surface area contributed by atoms with Gasteiger partial charge in [-0.05, 0) is 6.42 Å². The monoisotopic (exact) mass is 224 g/mol. The van der Waals surface area contributed by atoms with Crippen LogP contribution in [0.1, 0.15) is 20.3 Å². The molecule has 5 heteroatoms. The van der Waals surface area contributed by atoms with Crippen LogP contribution < -0.4 is 0 Å². The number of hydrogen-bond donors (Lipinski definition) is 1. The van der Waals surface area contributed by atoms with Gasteiger partial charge in [-0.3, -0.25) is 0 Å². The van der Waals surface area contributed by atoms with Gasteiger partial charge >= 0.3 is 0 Å². The average Bonchev–Trinajstić information content (AvgIpc) is 2.01. The molecule has 0 aliphatic carbocycles. The van der Waals surface area contributed by atoms with Crippen LogP contribution in [0.4, 0.5) is 0 Å². The molecule has 0 unspecified atom stereocenters. The molecule has 0 amide bonds. The highest BCUT2D eigenvalue weighted by Crippen LogP contribution is 2.13. The lowest BCUT2D eigenvalue weighted by atomic mass is 9.97. The van der Waals surface area contributed by atoms with E-state index in [2.05, 4.69) is 0 Å². The Balaban J connectivity index is 3.49. The van der Waals surface area contributed by atoms with Crippen LogP contribution in [-0.2, 0) is 14.6 Å². The maximum atomic E-state index is 10.8. The number of ether oxygens (including phenoxy) is 1. The van der Waals surface area contributed by atoms with Gasteiger partial charge in [-0.25, -0.2) is 8.42 Å². The van der Waals surface area contributed by atoms with Crippen molar-refractivity contribution >= 4 is 9.84 Å². The van der Waals surface area contributed by atoms with Gasteiger partial charge < -0.3 is 9.84 Å². The second kappa shape index (κ2) is 5.68. The summed E-state index contributed by atoms with van der Waals surface area (Å²) in [5, 5.41) is 8.90. The topological polar surface area (TPSA) is 63.6 Å². The van der Waals surface area contributed by atoms with Crippen molar-refractivity contribution in [2.24, 2.45) is 5.41 Å². The number of aliphatic hydroxyl groups is 1. The van der Waals surface area contributed by atoms with Crippen LogP contribution in [0.3, 0.4) is 0 Å². The van der Waals surface area contributed by atoms with E-state index in [0.29, 0.717) is 19.6 Å². The number of aliphatic hydroxyl groups excluding tert-OH is 1. The molecule has 0 saturated carbocycles. The van der Waals surface area contributed by atoms with Gasteiger partial charge in [0, 0.05) is 18.3 Å². The summed E-state index contributed by atoms with van der Waals surface area (Å²) in [6.07, 6.45) is 1.73. The average molecular weight is 224 g/mol. The quantitative estimate of drug-likeness (QED) is 0.638. The molecule has 1 N–H and O–H groups in total. The van der Waals surface area contributed by atoms with Crippen molar-refractivity contribution in [3.8, 4) is 0 Å². The summed E-state index contributed by atoms with van der Waals surface area (Å²) in [5.41, 5.74) is -0.245. The molecule has 0 fully saturated rings. The molecule has 0 saturated heterocycles. The Bertz CT molecular complexity index is 244. The SMILES string of the molecule is CC(C)(CO)COCCCS(C)(=O)=O. The third-order valence-corrected chi connectivity index (χ3v) is 2.75. The fourth-order valence-corrected chi connectivity index (χ4v) is 1.46. The first-order chi connectivity index (χ1) is 6.27. The van der Waals surface area contributed by atoms with Crippen LogP contribution in [0, 0.1) is 5.41 Å². The van der Waals surface area contributed by atoms with Crippen molar-refractivity contribution in [3.05, 3.63) is 0 Å². The Morgan fingerprint density at radius 1 is 1.36 bits per heavy atom. The summed E-state index contributed by atoms with van der Waals surface area (Å²) in [7, 11) is -2.88. The van der Waals surface area contributed by atoms with E-state index >= 15 is 0 Å². The predicted molar refractivity (Wildman–Crippen MR) is 56.0 cm³/mol.